The molecular weight excluding hydrogens is 412 g/mol. The minimum absolute atomic E-state index is 0.197. The van der Waals surface area contributed by atoms with Crippen molar-refractivity contribution in [3.8, 4) is 0 Å². The van der Waals surface area contributed by atoms with E-state index in [9.17, 15) is 14.7 Å². The number of fused-ring (bicyclic) bond motifs is 3. The number of carbonyl (C=O) groups excluding carboxylic acids is 1. The molecule has 1 aliphatic carbocycles. The van der Waals surface area contributed by atoms with Crippen LogP contribution in [0, 0.1) is 5.92 Å². The number of hydrogen-bond donors (Lipinski definition) is 3. The van der Waals surface area contributed by atoms with E-state index in [1.54, 1.807) is 43.6 Å². The molecule has 0 spiro atoms. The third-order valence-corrected chi connectivity index (χ3v) is 6.85. The second-order valence-corrected chi connectivity index (χ2v) is 9.28. The van der Waals surface area contributed by atoms with E-state index >= 15 is 0 Å². The van der Waals surface area contributed by atoms with Crippen LogP contribution >= 0.6 is 11.3 Å². The van der Waals surface area contributed by atoms with Gasteiger partial charge in [-0.05, 0) is 54.9 Å². The lowest BCUT2D eigenvalue weighted by Crippen LogP contribution is -2.44. The van der Waals surface area contributed by atoms with Crippen molar-refractivity contribution < 1.29 is 14.7 Å². The van der Waals surface area contributed by atoms with Crippen LogP contribution in [0.2, 0.25) is 0 Å². The number of aromatic nitrogens is 2. The van der Waals surface area contributed by atoms with Crippen molar-refractivity contribution in [2.45, 2.75) is 52.1 Å². The number of carboxylic acid groups (broad SMARTS) is 1. The summed E-state index contributed by atoms with van der Waals surface area (Å²) in [7, 11) is 0. The predicted octanol–water partition coefficient (Wildman–Crippen LogP) is 4.02. The van der Waals surface area contributed by atoms with Crippen LogP contribution in [0.25, 0.3) is 10.2 Å². The second-order valence-electron chi connectivity index (χ2n) is 8.20. The number of thiophene rings is 1. The van der Waals surface area contributed by atoms with Gasteiger partial charge in [-0.25, -0.2) is 14.8 Å². The summed E-state index contributed by atoms with van der Waals surface area (Å²) in [6, 6.07) is 6.26. The number of nitrogens with zero attached hydrogens (tertiary/aromatic N) is 2. The fourth-order valence-corrected chi connectivity index (χ4v) is 5.15. The molecular formula is C23H26N4O3S. The van der Waals surface area contributed by atoms with Gasteiger partial charge >= 0.3 is 5.97 Å². The highest BCUT2D eigenvalue weighted by molar-refractivity contribution is 7.19. The quantitative estimate of drug-likeness (QED) is 0.515. The van der Waals surface area contributed by atoms with Gasteiger partial charge in [-0.1, -0.05) is 26.0 Å². The second kappa shape index (κ2) is 9.01. The number of carbonyl (C=O) groups is 2. The molecule has 0 saturated heterocycles. The summed E-state index contributed by atoms with van der Waals surface area (Å²) in [5.41, 5.74) is 2.83. The number of amides is 1. The van der Waals surface area contributed by atoms with E-state index < -0.39 is 12.0 Å². The topological polar surface area (TPSA) is 104 Å². The number of hydrogen-bond acceptors (Lipinski definition) is 6. The maximum atomic E-state index is 12.4. The van der Waals surface area contributed by atoms with E-state index in [2.05, 4.69) is 20.6 Å². The van der Waals surface area contributed by atoms with E-state index in [4.69, 9.17) is 0 Å². The van der Waals surface area contributed by atoms with Gasteiger partial charge in [-0.15, -0.1) is 11.3 Å². The van der Waals surface area contributed by atoms with E-state index in [1.165, 1.54) is 23.3 Å². The Hall–Kier alpha value is -3.00. The Bertz CT molecular complexity index is 1110. The van der Waals surface area contributed by atoms with E-state index in [0.29, 0.717) is 12.1 Å². The monoisotopic (exact) mass is 438 g/mol. The van der Waals surface area contributed by atoms with Crippen LogP contribution in [0.4, 0.5) is 5.82 Å². The largest absolute Gasteiger partial charge is 0.480 e. The third kappa shape index (κ3) is 4.54. The fraction of sp³-hybridized carbons (Fsp3) is 0.391. The molecule has 31 heavy (non-hydrogen) atoms. The van der Waals surface area contributed by atoms with Crippen LogP contribution in [-0.4, -0.2) is 33.0 Å². The number of aryl methyl sites for hydroxylation is 2. The van der Waals surface area contributed by atoms with Crippen LogP contribution in [0.5, 0.6) is 0 Å². The average molecular weight is 439 g/mol. The molecule has 1 amide bonds. The molecule has 0 saturated carbocycles. The molecule has 1 atom stereocenters. The first-order valence-corrected chi connectivity index (χ1v) is 11.4. The van der Waals surface area contributed by atoms with Crippen molar-refractivity contribution in [3.05, 3.63) is 52.2 Å². The Balaban J connectivity index is 1.45. The van der Waals surface area contributed by atoms with Gasteiger partial charge in [0.25, 0.3) is 5.91 Å². The number of carboxylic acids is 1. The first kappa shape index (κ1) is 21.2. The maximum absolute atomic E-state index is 12.4. The van der Waals surface area contributed by atoms with Crippen LogP contribution in [0.3, 0.4) is 0 Å². The molecule has 0 fully saturated rings. The highest BCUT2D eigenvalue weighted by Crippen LogP contribution is 2.38. The normalized spacial score (nSPS) is 14.3. The molecule has 7 nitrogen and oxygen atoms in total. The van der Waals surface area contributed by atoms with Crippen LogP contribution in [-0.2, 0) is 24.2 Å². The van der Waals surface area contributed by atoms with E-state index in [0.717, 1.165) is 34.4 Å². The van der Waals surface area contributed by atoms with Crippen molar-refractivity contribution in [2.24, 2.45) is 5.92 Å². The molecule has 8 heteroatoms. The third-order valence-electron chi connectivity index (χ3n) is 5.65. The minimum atomic E-state index is -1.03. The van der Waals surface area contributed by atoms with Crippen molar-refractivity contribution in [2.75, 3.05) is 5.32 Å². The Labute approximate surface area is 184 Å². The molecule has 0 aliphatic heterocycles. The molecule has 2 aromatic heterocycles. The molecule has 4 rings (SSSR count). The molecule has 1 aliphatic rings. The molecule has 162 valence electrons. The smallest absolute Gasteiger partial charge is 0.326 e. The SMILES string of the molecule is CC(C)C(NC(=O)c1ccc(CNc2ncnc3sc4c(c23)CCCC4)cc1)C(=O)O. The summed E-state index contributed by atoms with van der Waals surface area (Å²) in [6.45, 7) is 4.10. The van der Waals surface area contributed by atoms with E-state index in [1.807, 2.05) is 12.1 Å². The first-order valence-electron chi connectivity index (χ1n) is 10.6. The fourth-order valence-electron chi connectivity index (χ4n) is 3.92. The van der Waals surface area contributed by atoms with E-state index in [-0.39, 0.29) is 11.8 Å². The standard InChI is InChI=1S/C23H26N4O3S/c1-13(2)19(23(29)30)27-21(28)15-9-7-14(8-10-15)11-24-20-18-16-5-3-4-6-17(16)31-22(18)26-12-25-20/h7-10,12-13,19H,3-6,11H2,1-2H3,(H,27,28)(H,29,30)(H,24,25,26). The highest BCUT2D eigenvalue weighted by Gasteiger charge is 2.24. The molecule has 1 aromatic carbocycles. The lowest BCUT2D eigenvalue weighted by molar-refractivity contribution is -0.140. The molecule has 2 heterocycles. The number of aliphatic carboxylic acids is 1. The lowest BCUT2D eigenvalue weighted by atomic mass is 9.97. The van der Waals surface area contributed by atoms with Crippen molar-refractivity contribution in [1.29, 1.82) is 0 Å². The average Bonchev–Trinajstić information content (AvgIpc) is 3.15. The van der Waals surface area contributed by atoms with Crippen LogP contribution in [0.15, 0.2) is 30.6 Å². The van der Waals surface area contributed by atoms with Gasteiger partial charge in [0.05, 0.1) is 5.39 Å². The summed E-state index contributed by atoms with van der Waals surface area (Å²) >= 11 is 1.77. The summed E-state index contributed by atoms with van der Waals surface area (Å²) in [6.07, 6.45) is 6.25. The Morgan fingerprint density at radius 3 is 2.58 bits per heavy atom. The van der Waals surface area contributed by atoms with Gasteiger partial charge < -0.3 is 15.7 Å². The summed E-state index contributed by atoms with van der Waals surface area (Å²) in [5.74, 6) is -0.760. The molecule has 0 bridgehead atoms. The van der Waals surface area contributed by atoms with Gasteiger partial charge in [0, 0.05) is 17.0 Å². The Morgan fingerprint density at radius 2 is 1.87 bits per heavy atom. The summed E-state index contributed by atoms with van der Waals surface area (Å²) in [5, 5.41) is 16.4. The van der Waals surface area contributed by atoms with Gasteiger partial charge in [0.15, 0.2) is 0 Å². The van der Waals surface area contributed by atoms with Crippen LogP contribution in [0.1, 0.15) is 53.1 Å². The number of benzene rings is 1. The summed E-state index contributed by atoms with van der Waals surface area (Å²) in [4.78, 5) is 35.1. The number of nitrogens with one attached hydrogen (secondary N) is 2. The van der Waals surface area contributed by atoms with Crippen molar-refractivity contribution in [1.82, 2.24) is 15.3 Å². The zero-order valence-corrected chi connectivity index (χ0v) is 18.5. The van der Waals surface area contributed by atoms with Gasteiger partial charge in [-0.2, -0.15) is 0 Å². The molecule has 1 unspecified atom stereocenters. The van der Waals surface area contributed by atoms with Gasteiger partial charge in [0.2, 0.25) is 0 Å². The summed E-state index contributed by atoms with van der Waals surface area (Å²) < 4.78 is 0. The zero-order valence-electron chi connectivity index (χ0n) is 17.6. The van der Waals surface area contributed by atoms with Crippen LogP contribution < -0.4 is 10.6 Å². The Kier molecular flexibility index (Phi) is 6.18. The lowest BCUT2D eigenvalue weighted by Gasteiger charge is -2.18. The molecule has 0 radical (unpaired) electrons. The highest BCUT2D eigenvalue weighted by atomic mass is 32.1. The number of rotatable bonds is 7. The minimum Gasteiger partial charge on any atom is -0.480 e. The number of anilines is 1. The zero-order chi connectivity index (χ0) is 22.0. The predicted molar refractivity (Wildman–Crippen MR) is 122 cm³/mol. The van der Waals surface area contributed by atoms with Crippen molar-refractivity contribution in [3.63, 3.8) is 0 Å². The van der Waals surface area contributed by atoms with Gasteiger partial charge in [-0.3, -0.25) is 4.79 Å². The maximum Gasteiger partial charge on any atom is 0.326 e. The molecule has 3 N–H and O–H groups in total. The first-order chi connectivity index (χ1) is 14.9. The van der Waals surface area contributed by atoms with Gasteiger partial charge in [0.1, 0.15) is 23.0 Å². The molecule has 3 aromatic rings. The Morgan fingerprint density at radius 1 is 1.13 bits per heavy atom. The van der Waals surface area contributed by atoms with Crippen molar-refractivity contribution >= 4 is 39.2 Å².